The molecule has 0 aliphatic heterocycles. The van der Waals surface area contributed by atoms with E-state index in [2.05, 4.69) is 0 Å². The van der Waals surface area contributed by atoms with Crippen molar-refractivity contribution in [1.29, 1.82) is 0 Å². The SMILES string of the molecule is COc1cccc(OC)c1C(N)CC1CCC1. The zero-order valence-corrected chi connectivity index (χ0v) is 10.6. The number of hydrogen-bond acceptors (Lipinski definition) is 3. The van der Waals surface area contributed by atoms with Gasteiger partial charge in [0.25, 0.3) is 0 Å². The van der Waals surface area contributed by atoms with Gasteiger partial charge in [0.05, 0.1) is 19.8 Å². The molecular weight excluding hydrogens is 214 g/mol. The van der Waals surface area contributed by atoms with Crippen LogP contribution in [-0.2, 0) is 0 Å². The highest BCUT2D eigenvalue weighted by atomic mass is 16.5. The molecule has 1 aromatic carbocycles. The molecule has 0 spiro atoms. The summed E-state index contributed by atoms with van der Waals surface area (Å²) in [5, 5.41) is 0. The third-order valence-corrected chi connectivity index (χ3v) is 3.65. The molecule has 3 nitrogen and oxygen atoms in total. The molecule has 1 aromatic rings. The third kappa shape index (κ3) is 2.55. The van der Waals surface area contributed by atoms with Gasteiger partial charge >= 0.3 is 0 Å². The Morgan fingerprint density at radius 2 is 1.82 bits per heavy atom. The molecule has 0 amide bonds. The van der Waals surface area contributed by atoms with E-state index >= 15 is 0 Å². The van der Waals surface area contributed by atoms with Crippen molar-refractivity contribution < 1.29 is 9.47 Å². The van der Waals surface area contributed by atoms with E-state index in [4.69, 9.17) is 15.2 Å². The van der Waals surface area contributed by atoms with Gasteiger partial charge in [-0.2, -0.15) is 0 Å². The number of rotatable bonds is 5. The van der Waals surface area contributed by atoms with E-state index in [1.165, 1.54) is 19.3 Å². The molecule has 2 rings (SSSR count). The summed E-state index contributed by atoms with van der Waals surface area (Å²) >= 11 is 0. The number of nitrogens with two attached hydrogens (primary N) is 1. The highest BCUT2D eigenvalue weighted by Gasteiger charge is 2.24. The maximum Gasteiger partial charge on any atom is 0.127 e. The molecule has 0 bridgehead atoms. The predicted octanol–water partition coefficient (Wildman–Crippen LogP) is 2.89. The van der Waals surface area contributed by atoms with Crippen molar-refractivity contribution in [2.45, 2.75) is 31.7 Å². The molecule has 17 heavy (non-hydrogen) atoms. The average molecular weight is 235 g/mol. The first-order valence-corrected chi connectivity index (χ1v) is 6.22. The van der Waals surface area contributed by atoms with Crippen LogP contribution in [0.25, 0.3) is 0 Å². The largest absolute Gasteiger partial charge is 0.496 e. The van der Waals surface area contributed by atoms with Crippen molar-refractivity contribution >= 4 is 0 Å². The lowest BCUT2D eigenvalue weighted by Gasteiger charge is -2.29. The minimum absolute atomic E-state index is 0.00593. The molecule has 1 atom stereocenters. The van der Waals surface area contributed by atoms with E-state index < -0.39 is 0 Å². The van der Waals surface area contributed by atoms with Gasteiger partial charge in [-0.15, -0.1) is 0 Å². The quantitative estimate of drug-likeness (QED) is 0.853. The van der Waals surface area contributed by atoms with Gasteiger partial charge in [-0.1, -0.05) is 25.3 Å². The van der Waals surface area contributed by atoms with Crippen LogP contribution in [0.15, 0.2) is 18.2 Å². The molecule has 0 aromatic heterocycles. The summed E-state index contributed by atoms with van der Waals surface area (Å²) in [6.07, 6.45) is 4.99. The fourth-order valence-electron chi connectivity index (χ4n) is 2.45. The van der Waals surface area contributed by atoms with E-state index in [1.54, 1.807) is 14.2 Å². The van der Waals surface area contributed by atoms with E-state index in [0.717, 1.165) is 29.4 Å². The second kappa shape index (κ2) is 5.41. The molecule has 1 fully saturated rings. The zero-order valence-electron chi connectivity index (χ0n) is 10.6. The molecule has 2 N–H and O–H groups in total. The minimum Gasteiger partial charge on any atom is -0.496 e. The van der Waals surface area contributed by atoms with E-state index in [1.807, 2.05) is 18.2 Å². The predicted molar refractivity (Wildman–Crippen MR) is 68.4 cm³/mol. The highest BCUT2D eigenvalue weighted by Crippen LogP contribution is 2.39. The molecule has 0 heterocycles. The van der Waals surface area contributed by atoms with Crippen LogP contribution >= 0.6 is 0 Å². The second-order valence-electron chi connectivity index (χ2n) is 4.72. The van der Waals surface area contributed by atoms with Gasteiger partial charge in [-0.05, 0) is 24.5 Å². The van der Waals surface area contributed by atoms with E-state index in [9.17, 15) is 0 Å². The van der Waals surface area contributed by atoms with Crippen LogP contribution in [0.3, 0.4) is 0 Å². The Morgan fingerprint density at radius 1 is 1.24 bits per heavy atom. The molecule has 3 heteroatoms. The monoisotopic (exact) mass is 235 g/mol. The summed E-state index contributed by atoms with van der Waals surface area (Å²) in [5.74, 6) is 2.44. The summed E-state index contributed by atoms with van der Waals surface area (Å²) in [7, 11) is 3.35. The lowest BCUT2D eigenvalue weighted by molar-refractivity contribution is 0.272. The van der Waals surface area contributed by atoms with Gasteiger partial charge in [-0.3, -0.25) is 0 Å². The van der Waals surface area contributed by atoms with Crippen molar-refractivity contribution in [3.63, 3.8) is 0 Å². The first kappa shape index (κ1) is 12.2. The highest BCUT2D eigenvalue weighted by molar-refractivity contribution is 5.46. The molecule has 1 aliphatic rings. The smallest absolute Gasteiger partial charge is 0.127 e. The maximum atomic E-state index is 6.30. The molecule has 1 aliphatic carbocycles. The molecule has 1 saturated carbocycles. The van der Waals surface area contributed by atoms with Crippen molar-refractivity contribution in [2.24, 2.45) is 11.7 Å². The molecule has 0 radical (unpaired) electrons. The lowest BCUT2D eigenvalue weighted by atomic mass is 9.79. The summed E-state index contributed by atoms with van der Waals surface area (Å²) in [4.78, 5) is 0. The van der Waals surface area contributed by atoms with Crippen molar-refractivity contribution in [3.05, 3.63) is 23.8 Å². The van der Waals surface area contributed by atoms with Crippen LogP contribution < -0.4 is 15.2 Å². The van der Waals surface area contributed by atoms with Crippen LogP contribution in [0.2, 0.25) is 0 Å². The fraction of sp³-hybridized carbons (Fsp3) is 0.571. The van der Waals surface area contributed by atoms with Crippen molar-refractivity contribution in [2.75, 3.05) is 14.2 Å². The van der Waals surface area contributed by atoms with Crippen LogP contribution in [0, 0.1) is 5.92 Å². The first-order valence-electron chi connectivity index (χ1n) is 6.22. The Kier molecular flexibility index (Phi) is 3.89. The van der Waals surface area contributed by atoms with Gasteiger partial charge in [0.15, 0.2) is 0 Å². The van der Waals surface area contributed by atoms with Gasteiger partial charge in [0, 0.05) is 6.04 Å². The van der Waals surface area contributed by atoms with Crippen molar-refractivity contribution in [1.82, 2.24) is 0 Å². The van der Waals surface area contributed by atoms with Crippen LogP contribution in [0.4, 0.5) is 0 Å². The number of benzene rings is 1. The Balaban J connectivity index is 2.20. The van der Waals surface area contributed by atoms with Crippen LogP contribution in [0.1, 0.15) is 37.3 Å². The summed E-state index contributed by atoms with van der Waals surface area (Å²) in [6.45, 7) is 0. The van der Waals surface area contributed by atoms with Gasteiger partial charge in [0.1, 0.15) is 11.5 Å². The van der Waals surface area contributed by atoms with Gasteiger partial charge in [0.2, 0.25) is 0 Å². The first-order chi connectivity index (χ1) is 8.26. The number of methoxy groups -OCH3 is 2. The van der Waals surface area contributed by atoms with Crippen molar-refractivity contribution in [3.8, 4) is 11.5 Å². The topological polar surface area (TPSA) is 44.5 Å². The van der Waals surface area contributed by atoms with Gasteiger partial charge < -0.3 is 15.2 Å². The number of hydrogen-bond donors (Lipinski definition) is 1. The Labute approximate surface area is 103 Å². The average Bonchev–Trinajstić information content (AvgIpc) is 2.32. The normalized spacial score (nSPS) is 17.4. The van der Waals surface area contributed by atoms with E-state index in [-0.39, 0.29) is 6.04 Å². The number of ether oxygens (including phenoxy) is 2. The summed E-state index contributed by atoms with van der Waals surface area (Å²) < 4.78 is 10.8. The lowest BCUT2D eigenvalue weighted by Crippen LogP contribution is -2.21. The summed E-state index contributed by atoms with van der Waals surface area (Å²) in [6, 6.07) is 5.82. The van der Waals surface area contributed by atoms with Crippen LogP contribution in [-0.4, -0.2) is 14.2 Å². The van der Waals surface area contributed by atoms with E-state index in [0.29, 0.717) is 0 Å². The summed E-state index contributed by atoms with van der Waals surface area (Å²) in [5.41, 5.74) is 7.30. The van der Waals surface area contributed by atoms with Gasteiger partial charge in [-0.25, -0.2) is 0 Å². The standard InChI is InChI=1S/C14H21NO2/c1-16-12-7-4-8-13(17-2)14(12)11(15)9-10-5-3-6-10/h4,7-8,10-11H,3,5-6,9,15H2,1-2H3. The van der Waals surface area contributed by atoms with Crippen LogP contribution in [0.5, 0.6) is 11.5 Å². The second-order valence-corrected chi connectivity index (χ2v) is 4.72. The molecular formula is C14H21NO2. The Morgan fingerprint density at radius 3 is 2.24 bits per heavy atom. The minimum atomic E-state index is 0.00593. The molecule has 0 saturated heterocycles. The Bertz CT molecular complexity index is 352. The third-order valence-electron chi connectivity index (χ3n) is 3.65. The zero-order chi connectivity index (χ0) is 12.3. The molecule has 94 valence electrons. The Hall–Kier alpha value is -1.22. The maximum absolute atomic E-state index is 6.30. The molecule has 1 unspecified atom stereocenters. The fourth-order valence-corrected chi connectivity index (χ4v) is 2.45.